The first-order valence-corrected chi connectivity index (χ1v) is 14.4. The van der Waals surface area contributed by atoms with Crippen LogP contribution >= 0.6 is 27.3 Å². The zero-order valence-electron chi connectivity index (χ0n) is 22.1. The lowest BCUT2D eigenvalue weighted by Gasteiger charge is -2.25. The average molecular weight is 627 g/mol. The molecule has 1 aliphatic heterocycles. The summed E-state index contributed by atoms with van der Waals surface area (Å²) < 4.78 is 14.4. The molecule has 2 aromatic heterocycles. The number of carbonyl (C=O) groups excluding carboxylic acids is 1. The number of anilines is 1. The van der Waals surface area contributed by atoms with Gasteiger partial charge in [-0.25, -0.2) is 4.99 Å². The second-order valence-corrected chi connectivity index (χ2v) is 11.3. The van der Waals surface area contributed by atoms with Crippen molar-refractivity contribution >= 4 is 44.9 Å². The number of ether oxygens (including phenoxy) is 1. The molecule has 1 unspecified atom stereocenters. The minimum absolute atomic E-state index is 0.256. The molecule has 204 valence electrons. The number of thiazole rings is 1. The van der Waals surface area contributed by atoms with Gasteiger partial charge in [-0.3, -0.25) is 14.2 Å². The van der Waals surface area contributed by atoms with Crippen molar-refractivity contribution in [3.05, 3.63) is 138 Å². The molecule has 1 N–H and O–H groups in total. The predicted octanol–water partition coefficient (Wildman–Crippen LogP) is 5.91. The van der Waals surface area contributed by atoms with Crippen LogP contribution in [0.2, 0.25) is 0 Å². The number of halogens is 1. The minimum Gasteiger partial charge on any atom is -0.497 e. The summed E-state index contributed by atoms with van der Waals surface area (Å²) in [5, 5.41) is 2.96. The number of amides is 1. The Morgan fingerprint density at radius 2 is 1.76 bits per heavy atom. The van der Waals surface area contributed by atoms with Crippen LogP contribution in [0, 0.1) is 0 Å². The van der Waals surface area contributed by atoms with Gasteiger partial charge in [-0.1, -0.05) is 69.7 Å². The van der Waals surface area contributed by atoms with Crippen molar-refractivity contribution in [2.45, 2.75) is 13.0 Å². The molecular weight excluding hydrogens is 602 g/mol. The molecule has 1 amide bonds. The van der Waals surface area contributed by atoms with Crippen LogP contribution in [0.1, 0.15) is 24.3 Å². The summed E-state index contributed by atoms with van der Waals surface area (Å²) in [5.74, 6) is 1.60. The molecule has 3 heterocycles. The van der Waals surface area contributed by atoms with E-state index in [1.807, 2.05) is 91.0 Å². The number of carbonyl (C=O) groups is 1. The van der Waals surface area contributed by atoms with Crippen LogP contribution in [0.25, 0.3) is 17.4 Å². The van der Waals surface area contributed by atoms with Gasteiger partial charge in [0.1, 0.15) is 17.3 Å². The molecule has 0 saturated heterocycles. The highest BCUT2D eigenvalue weighted by molar-refractivity contribution is 9.10. The largest absolute Gasteiger partial charge is 0.497 e. The Labute approximate surface area is 247 Å². The first kappa shape index (κ1) is 26.7. The molecule has 1 atom stereocenters. The lowest BCUT2D eigenvalue weighted by molar-refractivity contribution is -0.113. The Morgan fingerprint density at radius 1 is 1.02 bits per heavy atom. The van der Waals surface area contributed by atoms with Gasteiger partial charge in [-0.2, -0.15) is 0 Å². The highest BCUT2D eigenvalue weighted by Gasteiger charge is 2.32. The van der Waals surface area contributed by atoms with Crippen molar-refractivity contribution in [1.29, 1.82) is 0 Å². The number of aromatic nitrogens is 1. The third-order valence-corrected chi connectivity index (χ3v) is 8.27. The highest BCUT2D eigenvalue weighted by atomic mass is 79.9. The third kappa shape index (κ3) is 5.33. The van der Waals surface area contributed by atoms with E-state index in [0.29, 0.717) is 43.6 Å². The fourth-order valence-electron chi connectivity index (χ4n) is 4.76. The zero-order chi connectivity index (χ0) is 28.5. The number of hydrogen-bond acceptors (Lipinski definition) is 6. The molecule has 41 heavy (non-hydrogen) atoms. The van der Waals surface area contributed by atoms with Gasteiger partial charge in [0.05, 0.1) is 29.0 Å². The SMILES string of the molecule is COc1ccc(C2C(C(=O)Nc3ccccc3)=C(C)N=c3s/c(=C/c4ccc(-c5ccc(Br)cc5)o4)c(=O)n32)cc1. The van der Waals surface area contributed by atoms with E-state index >= 15 is 0 Å². The number of nitrogens with one attached hydrogen (secondary N) is 1. The number of benzene rings is 3. The lowest BCUT2D eigenvalue weighted by Crippen LogP contribution is -2.40. The van der Waals surface area contributed by atoms with Gasteiger partial charge < -0.3 is 14.5 Å². The summed E-state index contributed by atoms with van der Waals surface area (Å²) >= 11 is 4.71. The number of methoxy groups -OCH3 is 1. The molecule has 0 spiro atoms. The van der Waals surface area contributed by atoms with Gasteiger partial charge in [0.15, 0.2) is 4.80 Å². The van der Waals surface area contributed by atoms with E-state index in [-0.39, 0.29) is 11.5 Å². The molecule has 0 radical (unpaired) electrons. The smallest absolute Gasteiger partial charge is 0.271 e. The zero-order valence-corrected chi connectivity index (χ0v) is 24.5. The standard InChI is InChI=1S/C32H24BrN3O4S/c1-19-28(30(37)35-23-6-4-3-5-7-23)29(21-10-14-24(39-2)15-11-21)36-31(38)27(41-32(36)34-19)18-25-16-17-26(40-25)20-8-12-22(33)13-9-20/h3-18,29H,1-2H3,(H,35,37)/b27-18+. The number of fused-ring (bicyclic) bond motifs is 1. The second-order valence-electron chi connectivity index (χ2n) is 9.38. The molecule has 0 bridgehead atoms. The van der Waals surface area contributed by atoms with E-state index in [1.54, 1.807) is 24.7 Å². The molecule has 0 fully saturated rings. The Bertz CT molecular complexity index is 1950. The highest BCUT2D eigenvalue weighted by Crippen LogP contribution is 2.32. The van der Waals surface area contributed by atoms with E-state index in [9.17, 15) is 9.59 Å². The van der Waals surface area contributed by atoms with Gasteiger partial charge in [0.2, 0.25) is 0 Å². The van der Waals surface area contributed by atoms with Crippen molar-refractivity contribution in [3.63, 3.8) is 0 Å². The second kappa shape index (κ2) is 11.2. The van der Waals surface area contributed by atoms with Crippen LogP contribution in [-0.2, 0) is 4.79 Å². The van der Waals surface area contributed by atoms with Crippen LogP contribution < -0.4 is 24.9 Å². The number of furan rings is 1. The van der Waals surface area contributed by atoms with Crippen LogP contribution in [0.3, 0.4) is 0 Å². The van der Waals surface area contributed by atoms with Crippen LogP contribution in [-0.4, -0.2) is 17.6 Å². The molecule has 0 aliphatic carbocycles. The number of rotatable bonds is 6. The fraction of sp³-hybridized carbons (Fsp3) is 0.0938. The monoisotopic (exact) mass is 625 g/mol. The molecular formula is C32H24BrN3O4S. The van der Waals surface area contributed by atoms with E-state index in [2.05, 4.69) is 21.2 Å². The average Bonchev–Trinajstić information content (AvgIpc) is 3.57. The molecule has 5 aromatic rings. The first-order chi connectivity index (χ1) is 19.9. The Balaban J connectivity index is 1.45. The number of para-hydroxylation sites is 1. The maximum absolute atomic E-state index is 13.9. The van der Waals surface area contributed by atoms with Crippen molar-refractivity contribution in [2.75, 3.05) is 12.4 Å². The Kier molecular flexibility index (Phi) is 7.30. The van der Waals surface area contributed by atoms with Crippen molar-refractivity contribution in [2.24, 2.45) is 4.99 Å². The quantitative estimate of drug-likeness (QED) is 0.254. The van der Waals surface area contributed by atoms with Crippen molar-refractivity contribution in [1.82, 2.24) is 4.57 Å². The Hall–Kier alpha value is -4.47. The summed E-state index contributed by atoms with van der Waals surface area (Å²) in [4.78, 5) is 32.8. The first-order valence-electron chi connectivity index (χ1n) is 12.8. The summed E-state index contributed by atoms with van der Waals surface area (Å²) in [6.07, 6.45) is 1.72. The van der Waals surface area contributed by atoms with E-state index < -0.39 is 6.04 Å². The maximum Gasteiger partial charge on any atom is 0.271 e. The molecule has 1 aliphatic rings. The number of allylic oxidation sites excluding steroid dienone is 1. The minimum atomic E-state index is -0.682. The van der Waals surface area contributed by atoms with Gasteiger partial charge in [0.25, 0.3) is 11.5 Å². The third-order valence-electron chi connectivity index (χ3n) is 6.76. The topological polar surface area (TPSA) is 85.8 Å². The van der Waals surface area contributed by atoms with E-state index in [4.69, 9.17) is 14.1 Å². The lowest BCUT2D eigenvalue weighted by atomic mass is 9.95. The van der Waals surface area contributed by atoms with Crippen LogP contribution in [0.5, 0.6) is 5.75 Å². The summed E-state index contributed by atoms with van der Waals surface area (Å²) in [6.45, 7) is 1.80. The summed E-state index contributed by atoms with van der Waals surface area (Å²) in [7, 11) is 1.59. The molecule has 7 nitrogen and oxygen atoms in total. The predicted molar refractivity (Wildman–Crippen MR) is 164 cm³/mol. The summed E-state index contributed by atoms with van der Waals surface area (Å²) in [6, 6.07) is 27.4. The Morgan fingerprint density at radius 3 is 2.46 bits per heavy atom. The van der Waals surface area contributed by atoms with Gasteiger partial charge in [0, 0.05) is 21.8 Å². The van der Waals surface area contributed by atoms with Crippen molar-refractivity contribution in [3.8, 4) is 17.1 Å². The summed E-state index contributed by atoms with van der Waals surface area (Å²) in [5.41, 5.74) is 3.04. The molecule has 9 heteroatoms. The van der Waals surface area contributed by atoms with Crippen LogP contribution in [0.4, 0.5) is 5.69 Å². The molecule has 0 saturated carbocycles. The fourth-order valence-corrected chi connectivity index (χ4v) is 6.05. The normalized spacial score (nSPS) is 14.9. The number of hydrogen-bond donors (Lipinski definition) is 1. The van der Waals surface area contributed by atoms with Gasteiger partial charge in [-0.05, 0) is 61.0 Å². The maximum atomic E-state index is 13.9. The number of nitrogens with zero attached hydrogens (tertiary/aromatic N) is 2. The molecule has 3 aromatic carbocycles. The van der Waals surface area contributed by atoms with Crippen LogP contribution in [0.15, 0.2) is 121 Å². The van der Waals surface area contributed by atoms with Gasteiger partial charge in [-0.15, -0.1) is 0 Å². The van der Waals surface area contributed by atoms with Gasteiger partial charge >= 0.3 is 0 Å². The van der Waals surface area contributed by atoms with E-state index in [0.717, 1.165) is 15.6 Å². The van der Waals surface area contributed by atoms with E-state index in [1.165, 1.54) is 11.3 Å². The van der Waals surface area contributed by atoms with Crippen molar-refractivity contribution < 1.29 is 13.9 Å². The molecule has 6 rings (SSSR count).